The molecule has 0 aliphatic carbocycles. The topological polar surface area (TPSA) is 155 Å². The number of morpholine rings is 1. The predicted molar refractivity (Wildman–Crippen MR) is 127 cm³/mol. The van der Waals surface area contributed by atoms with Gasteiger partial charge >= 0.3 is 0 Å². The van der Waals surface area contributed by atoms with Gasteiger partial charge in [0.05, 0.1) is 19.3 Å². The number of hydrogen-bond donors (Lipinski definition) is 5. The van der Waals surface area contributed by atoms with Gasteiger partial charge in [0.2, 0.25) is 0 Å². The summed E-state index contributed by atoms with van der Waals surface area (Å²) in [6, 6.07) is -0.447. The Morgan fingerprint density at radius 2 is 1.76 bits per heavy atom. The zero-order valence-electron chi connectivity index (χ0n) is 19.4. The number of fused-ring (bicyclic) bond motifs is 2. The Morgan fingerprint density at radius 1 is 1.15 bits per heavy atom. The van der Waals surface area contributed by atoms with Crippen LogP contribution < -0.4 is 4.72 Å². The molecule has 0 saturated carbocycles. The van der Waals surface area contributed by atoms with Gasteiger partial charge in [-0.05, 0) is 33.6 Å². The molecule has 0 amide bonds. The van der Waals surface area contributed by atoms with Gasteiger partial charge in [0.1, 0.15) is 34.6 Å². The number of ether oxygens (including phenoxy) is 2. The van der Waals surface area contributed by atoms with Crippen LogP contribution in [0.2, 0.25) is 0 Å². The lowest BCUT2D eigenvalue weighted by atomic mass is 9.93. The van der Waals surface area contributed by atoms with Crippen LogP contribution in [-0.2, 0) is 25.6 Å². The predicted octanol–water partition coefficient (Wildman–Crippen LogP) is -0.301. The smallest absolute Gasteiger partial charge is 0.290 e. The molecule has 10 nitrogen and oxygen atoms in total. The van der Waals surface area contributed by atoms with Gasteiger partial charge < -0.3 is 34.5 Å². The Hall–Kier alpha value is -0.410. The first-order chi connectivity index (χ1) is 15.6. The van der Waals surface area contributed by atoms with Gasteiger partial charge in [-0.25, -0.2) is 0 Å². The largest absolute Gasteiger partial charge is 0.598 e. The summed E-state index contributed by atoms with van der Waals surface area (Å²) in [5.74, 6) is 0. The molecule has 3 aliphatic rings. The fraction of sp³-hybridized carbons (Fsp3) is 0.857. The van der Waals surface area contributed by atoms with E-state index >= 15 is 0 Å². The number of nitrogens with one attached hydrogen (secondary N) is 1. The highest BCUT2D eigenvalue weighted by Gasteiger charge is 2.48. The van der Waals surface area contributed by atoms with Crippen molar-refractivity contribution in [1.82, 2.24) is 9.62 Å². The Balaban J connectivity index is 0.00000122. The van der Waals surface area contributed by atoms with Crippen molar-refractivity contribution in [2.75, 3.05) is 32.8 Å². The fourth-order valence-electron chi connectivity index (χ4n) is 3.81. The molecule has 33 heavy (non-hydrogen) atoms. The van der Waals surface area contributed by atoms with E-state index in [1.165, 1.54) is 11.8 Å². The Labute approximate surface area is 203 Å². The molecule has 2 fully saturated rings. The quantitative estimate of drug-likeness (QED) is 0.192. The minimum Gasteiger partial charge on any atom is -0.598 e. The molecule has 0 aromatic rings. The van der Waals surface area contributed by atoms with Gasteiger partial charge in [-0.2, -0.15) is 0 Å². The van der Waals surface area contributed by atoms with Crippen LogP contribution in [-0.4, -0.2) is 115 Å². The van der Waals surface area contributed by atoms with E-state index in [1.54, 1.807) is 0 Å². The van der Waals surface area contributed by atoms with E-state index in [4.69, 9.17) is 19.4 Å². The van der Waals surface area contributed by atoms with Crippen molar-refractivity contribution >= 4 is 29.6 Å². The monoisotopic (exact) mass is 510 g/mol. The van der Waals surface area contributed by atoms with Crippen LogP contribution in [0.3, 0.4) is 0 Å². The van der Waals surface area contributed by atoms with Crippen LogP contribution in [0.15, 0.2) is 12.2 Å². The summed E-state index contributed by atoms with van der Waals surface area (Å²) in [4.78, 5) is 10.7. The number of hydrogen-bond acceptors (Lipinski definition) is 10. The van der Waals surface area contributed by atoms with E-state index in [9.17, 15) is 19.9 Å². The highest BCUT2D eigenvalue weighted by molar-refractivity contribution is 8.00. The van der Waals surface area contributed by atoms with Crippen LogP contribution in [0.5, 0.6) is 0 Å². The van der Waals surface area contributed by atoms with Gasteiger partial charge in [-0.1, -0.05) is 12.2 Å². The van der Waals surface area contributed by atoms with Crippen LogP contribution in [0, 0.1) is 0 Å². The number of carbonyl (C=O) groups is 1. The number of carboxylic acid groups (broad SMARTS) is 1. The van der Waals surface area contributed by atoms with Crippen LogP contribution >= 0.6 is 11.8 Å². The lowest BCUT2D eigenvalue weighted by Crippen LogP contribution is -2.63. The zero-order chi connectivity index (χ0) is 24.6. The summed E-state index contributed by atoms with van der Waals surface area (Å²) in [5.41, 5.74) is -0.668. The summed E-state index contributed by atoms with van der Waals surface area (Å²) < 4.78 is 26.8. The first kappa shape index (κ1) is 28.8. The minimum atomic E-state index is -1.36. The first-order valence-electron chi connectivity index (χ1n) is 11.1. The number of allylic oxidation sites excluding steroid dienone is 1. The van der Waals surface area contributed by atoms with Gasteiger partial charge in [-0.3, -0.25) is 9.69 Å². The summed E-state index contributed by atoms with van der Waals surface area (Å²) >= 11 is 0.137. The minimum absolute atomic E-state index is 0.176. The van der Waals surface area contributed by atoms with Crippen molar-refractivity contribution in [3.63, 3.8) is 0 Å². The van der Waals surface area contributed by atoms with Crippen molar-refractivity contribution < 1.29 is 39.2 Å². The average molecular weight is 511 g/mol. The molecule has 192 valence electrons. The fourth-order valence-corrected chi connectivity index (χ4v) is 6.08. The second-order valence-corrected chi connectivity index (χ2v) is 12.7. The van der Waals surface area contributed by atoms with E-state index in [1.807, 2.05) is 26.8 Å². The second kappa shape index (κ2) is 13.6. The number of thioether (sulfide) groups is 1. The van der Waals surface area contributed by atoms with E-state index in [0.29, 0.717) is 6.42 Å². The van der Waals surface area contributed by atoms with Gasteiger partial charge in [0.15, 0.2) is 0 Å². The highest BCUT2D eigenvalue weighted by atomic mass is 32.2. The lowest BCUT2D eigenvalue weighted by molar-refractivity contribution is -0.203. The summed E-state index contributed by atoms with van der Waals surface area (Å²) in [6.07, 6.45) is 0.893. The molecular weight excluding hydrogens is 472 g/mol. The number of aliphatic hydroxyl groups is 3. The van der Waals surface area contributed by atoms with Gasteiger partial charge in [0, 0.05) is 36.2 Å². The van der Waals surface area contributed by atoms with E-state index in [0.717, 1.165) is 39.3 Å². The molecule has 3 heterocycles. The van der Waals surface area contributed by atoms with Crippen molar-refractivity contribution in [2.24, 2.45) is 0 Å². The zero-order valence-corrected chi connectivity index (χ0v) is 21.0. The SMILES string of the molecule is CC(C)(C)[S+]([O-])N[C@@H]1C/C=C\C[C@@H](CN2CCOCC2)S[C@H]2O[C@H]1[C@H](O)[C@H](O)[C@H]2O.O=CO. The molecule has 0 aromatic heterocycles. The molecule has 2 saturated heterocycles. The summed E-state index contributed by atoms with van der Waals surface area (Å²) in [5, 5.41) is 38.8. The molecule has 0 aromatic carbocycles. The van der Waals surface area contributed by atoms with Crippen molar-refractivity contribution in [3.8, 4) is 0 Å². The van der Waals surface area contributed by atoms with Crippen molar-refractivity contribution in [1.29, 1.82) is 0 Å². The molecule has 8 atom stereocenters. The van der Waals surface area contributed by atoms with E-state index in [2.05, 4.69) is 15.7 Å². The number of aliphatic hydroxyl groups excluding tert-OH is 3. The summed E-state index contributed by atoms with van der Waals surface area (Å²) in [6.45, 7) is 9.41. The van der Waals surface area contributed by atoms with Crippen LogP contribution in [0.25, 0.3) is 0 Å². The second-order valence-electron chi connectivity index (χ2n) is 9.27. The normalized spacial score (nSPS) is 37.8. The highest BCUT2D eigenvalue weighted by Crippen LogP contribution is 2.35. The molecule has 1 unspecified atom stereocenters. The maximum atomic E-state index is 12.7. The van der Waals surface area contributed by atoms with Crippen molar-refractivity contribution in [3.05, 3.63) is 12.2 Å². The molecule has 3 rings (SSSR count). The molecule has 3 aliphatic heterocycles. The third-order valence-corrected chi connectivity index (χ3v) is 8.68. The molecule has 0 radical (unpaired) electrons. The van der Waals surface area contributed by atoms with Crippen molar-refractivity contribution in [2.45, 2.75) is 79.5 Å². The molecule has 12 heteroatoms. The Kier molecular flexibility index (Phi) is 11.9. The Bertz CT molecular complexity index is 618. The van der Waals surface area contributed by atoms with Crippen LogP contribution in [0.1, 0.15) is 33.6 Å². The van der Waals surface area contributed by atoms with E-state index in [-0.39, 0.29) is 11.7 Å². The lowest BCUT2D eigenvalue weighted by Gasteiger charge is -2.45. The van der Waals surface area contributed by atoms with E-state index < -0.39 is 52.0 Å². The third-order valence-electron chi connectivity index (χ3n) is 5.67. The number of nitrogens with zero attached hydrogens (tertiary/aromatic N) is 1. The third kappa shape index (κ3) is 8.64. The molecular formula is C21H38N2O8S2. The standard InChI is InChI=1S/C20H36N2O6S2.CH2O2/c1-20(2,3)30(26)21-14-7-5-4-6-13(12-22-8-10-27-11-9-22)29-19-17(25)15(23)16(24)18(14)28-19;2-1-3/h4-5,13-19,21,23-25H,6-12H2,1-3H3;1H,(H,2,3)/b5-4-;/t13-,14+,15-,16+,17+,18+,19+,30?;/m0./s1. The molecule has 0 spiro atoms. The van der Waals surface area contributed by atoms with Gasteiger partial charge in [0.25, 0.3) is 6.47 Å². The summed E-state index contributed by atoms with van der Waals surface area (Å²) in [7, 11) is 0. The van der Waals surface area contributed by atoms with Crippen LogP contribution in [0.4, 0.5) is 0 Å². The Morgan fingerprint density at radius 3 is 2.36 bits per heavy atom. The average Bonchev–Trinajstić information content (AvgIpc) is 2.76. The van der Waals surface area contributed by atoms with Gasteiger partial charge in [-0.15, -0.1) is 16.5 Å². The maximum absolute atomic E-state index is 12.7. The maximum Gasteiger partial charge on any atom is 0.290 e. The number of rotatable bonds is 4. The molecule has 5 N–H and O–H groups in total. The first-order valence-corrected chi connectivity index (χ1v) is 13.2. The molecule has 2 bridgehead atoms.